The molecule has 1 heterocycles. The summed E-state index contributed by atoms with van der Waals surface area (Å²) in [6, 6.07) is 0. The highest BCUT2D eigenvalue weighted by Gasteiger charge is 1.98. The molecule has 9 heavy (non-hydrogen) atoms. The van der Waals surface area contributed by atoms with Crippen molar-refractivity contribution < 1.29 is 4.84 Å². The molecule has 0 spiro atoms. The van der Waals surface area contributed by atoms with Gasteiger partial charge in [-0.15, -0.1) is 11.8 Å². The van der Waals surface area contributed by atoms with Gasteiger partial charge >= 0.3 is 0 Å². The molecule has 0 aromatic carbocycles. The smallest absolute Gasteiger partial charge is 0.126 e. The maximum atomic E-state index is 4.75. The first-order valence-corrected chi connectivity index (χ1v) is 4.17. The van der Waals surface area contributed by atoms with E-state index in [9.17, 15) is 0 Å². The van der Waals surface area contributed by atoms with Gasteiger partial charge < -0.3 is 4.84 Å². The molecule has 0 aliphatic carbocycles. The van der Waals surface area contributed by atoms with Gasteiger partial charge in [0.05, 0.1) is 0 Å². The number of hydrogen-bond acceptors (Lipinski definition) is 3. The minimum Gasteiger partial charge on any atom is -0.394 e. The Hall–Kier alpha value is -0.180. The van der Waals surface area contributed by atoms with Gasteiger partial charge in [-0.3, -0.25) is 0 Å². The molecule has 1 aliphatic rings. The molecular weight excluding hydrogens is 134 g/mol. The fourth-order valence-electron chi connectivity index (χ4n) is 0.390. The van der Waals surface area contributed by atoms with Crippen LogP contribution in [-0.4, -0.2) is 17.4 Å². The van der Waals surface area contributed by atoms with E-state index < -0.39 is 0 Å². The van der Waals surface area contributed by atoms with Crippen LogP contribution in [-0.2, 0) is 4.84 Å². The second kappa shape index (κ2) is 5.95. The quantitative estimate of drug-likeness (QED) is 0.523. The van der Waals surface area contributed by atoms with Crippen LogP contribution in [0.15, 0.2) is 5.16 Å². The highest BCUT2D eigenvalue weighted by atomic mass is 32.2. The molecule has 0 amide bonds. The molecule has 0 aromatic rings. The van der Waals surface area contributed by atoms with E-state index in [1.54, 1.807) is 11.8 Å². The van der Waals surface area contributed by atoms with Crippen LogP contribution in [0, 0.1) is 0 Å². The third-order valence-electron chi connectivity index (χ3n) is 0.679. The topological polar surface area (TPSA) is 21.6 Å². The van der Waals surface area contributed by atoms with Gasteiger partial charge in [0.1, 0.15) is 11.7 Å². The molecule has 2 nitrogen and oxygen atoms in total. The van der Waals surface area contributed by atoms with Crippen LogP contribution >= 0.6 is 11.8 Å². The molecular formula is C6H13NOS. The van der Waals surface area contributed by atoms with E-state index in [0.29, 0.717) is 0 Å². The summed E-state index contributed by atoms with van der Waals surface area (Å²) in [5.41, 5.74) is 0. The first-order valence-electron chi connectivity index (χ1n) is 3.19. The zero-order valence-electron chi connectivity index (χ0n) is 6.18. The summed E-state index contributed by atoms with van der Waals surface area (Å²) in [5, 5.41) is 4.74. The normalized spacial score (nSPS) is 16.6. The Morgan fingerprint density at radius 1 is 1.56 bits per heavy atom. The fraction of sp³-hybridized carbons (Fsp3) is 0.833. The summed E-state index contributed by atoms with van der Waals surface area (Å²) in [6.07, 6.45) is 0. The van der Waals surface area contributed by atoms with Crippen LogP contribution in [0.2, 0.25) is 0 Å². The van der Waals surface area contributed by atoms with Crippen molar-refractivity contribution in [2.45, 2.75) is 20.8 Å². The van der Waals surface area contributed by atoms with Crippen molar-refractivity contribution in [1.29, 1.82) is 0 Å². The summed E-state index contributed by atoms with van der Waals surface area (Å²) >= 11 is 1.74. The zero-order valence-corrected chi connectivity index (χ0v) is 6.99. The summed E-state index contributed by atoms with van der Waals surface area (Å²) in [5.74, 6) is 1.05. The predicted octanol–water partition coefficient (Wildman–Crippen LogP) is 2.11. The lowest BCUT2D eigenvalue weighted by Gasteiger charge is -2.05. The summed E-state index contributed by atoms with van der Waals surface area (Å²) in [4.78, 5) is 4.75. The number of oxime groups is 1. The highest BCUT2D eigenvalue weighted by molar-refractivity contribution is 8.13. The standard InChI is InChI=1S/C4H7NOS.C2H6/c1-4-5-6-2-3-7-4;1-2/h2-3H2,1H3;1-2H3. The van der Waals surface area contributed by atoms with Gasteiger partial charge in [-0.25, -0.2) is 0 Å². The Kier molecular flexibility index (Phi) is 5.83. The average molecular weight is 147 g/mol. The Labute approximate surface area is 60.6 Å². The molecule has 0 aromatic heterocycles. The first-order chi connectivity index (χ1) is 4.39. The van der Waals surface area contributed by atoms with Gasteiger partial charge in [0.2, 0.25) is 0 Å². The van der Waals surface area contributed by atoms with Crippen LogP contribution in [0.3, 0.4) is 0 Å². The molecule has 0 N–H and O–H groups in total. The predicted molar refractivity (Wildman–Crippen MR) is 42.9 cm³/mol. The van der Waals surface area contributed by atoms with Crippen molar-refractivity contribution in [3.8, 4) is 0 Å². The monoisotopic (exact) mass is 147 g/mol. The van der Waals surface area contributed by atoms with Gasteiger partial charge in [0, 0.05) is 5.75 Å². The second-order valence-corrected chi connectivity index (χ2v) is 2.58. The third kappa shape index (κ3) is 4.33. The number of nitrogens with zero attached hydrogens (tertiary/aromatic N) is 1. The number of hydrogen-bond donors (Lipinski definition) is 0. The molecule has 0 unspecified atom stereocenters. The van der Waals surface area contributed by atoms with E-state index in [1.165, 1.54) is 0 Å². The van der Waals surface area contributed by atoms with E-state index in [4.69, 9.17) is 4.84 Å². The minimum absolute atomic E-state index is 0.766. The fourth-order valence-corrected chi connectivity index (χ4v) is 0.948. The van der Waals surface area contributed by atoms with E-state index >= 15 is 0 Å². The van der Waals surface area contributed by atoms with Crippen LogP contribution in [0.1, 0.15) is 20.8 Å². The summed E-state index contributed by atoms with van der Waals surface area (Å²) in [6.45, 7) is 6.71. The van der Waals surface area contributed by atoms with Gasteiger partial charge in [-0.2, -0.15) is 0 Å². The largest absolute Gasteiger partial charge is 0.394 e. The summed E-state index contributed by atoms with van der Waals surface area (Å²) in [7, 11) is 0. The molecule has 0 saturated heterocycles. The molecule has 54 valence electrons. The number of rotatable bonds is 0. The van der Waals surface area contributed by atoms with Crippen molar-refractivity contribution >= 4 is 16.8 Å². The Morgan fingerprint density at radius 3 is 2.44 bits per heavy atom. The van der Waals surface area contributed by atoms with Gasteiger partial charge in [-0.05, 0) is 6.92 Å². The maximum absolute atomic E-state index is 4.75. The molecule has 1 rings (SSSR count). The Bertz CT molecular complexity index is 93.1. The van der Waals surface area contributed by atoms with Crippen molar-refractivity contribution in [2.24, 2.45) is 5.16 Å². The second-order valence-electron chi connectivity index (χ2n) is 1.29. The van der Waals surface area contributed by atoms with Crippen molar-refractivity contribution in [3.63, 3.8) is 0 Å². The maximum Gasteiger partial charge on any atom is 0.126 e. The third-order valence-corrected chi connectivity index (χ3v) is 1.54. The van der Waals surface area contributed by atoms with E-state index in [-0.39, 0.29) is 0 Å². The van der Waals surface area contributed by atoms with E-state index in [0.717, 1.165) is 17.4 Å². The van der Waals surface area contributed by atoms with Crippen molar-refractivity contribution in [3.05, 3.63) is 0 Å². The average Bonchev–Trinajstić information content (AvgIpc) is 1.94. The lowest BCUT2D eigenvalue weighted by Crippen LogP contribution is -2.02. The van der Waals surface area contributed by atoms with Gasteiger partial charge in [0.25, 0.3) is 0 Å². The molecule has 0 bridgehead atoms. The van der Waals surface area contributed by atoms with E-state index in [1.807, 2.05) is 20.8 Å². The molecule has 0 radical (unpaired) electrons. The van der Waals surface area contributed by atoms with Crippen molar-refractivity contribution in [1.82, 2.24) is 0 Å². The number of thioether (sulfide) groups is 1. The van der Waals surface area contributed by atoms with Crippen LogP contribution in [0.4, 0.5) is 0 Å². The first kappa shape index (κ1) is 8.82. The Balaban J connectivity index is 0.000000291. The van der Waals surface area contributed by atoms with Crippen LogP contribution in [0.5, 0.6) is 0 Å². The lowest BCUT2D eigenvalue weighted by molar-refractivity contribution is 0.160. The molecule has 0 atom stereocenters. The minimum atomic E-state index is 0.766. The molecule has 0 fully saturated rings. The SMILES string of the molecule is CC.CC1=NOCCS1. The Morgan fingerprint density at radius 2 is 2.22 bits per heavy atom. The summed E-state index contributed by atoms with van der Waals surface area (Å²) < 4.78 is 0. The van der Waals surface area contributed by atoms with Gasteiger partial charge in [-0.1, -0.05) is 19.0 Å². The highest BCUT2D eigenvalue weighted by Crippen LogP contribution is 2.07. The van der Waals surface area contributed by atoms with Crippen molar-refractivity contribution in [2.75, 3.05) is 12.4 Å². The van der Waals surface area contributed by atoms with Crippen LogP contribution in [0.25, 0.3) is 0 Å². The lowest BCUT2D eigenvalue weighted by atomic mass is 10.8. The molecule has 3 heteroatoms. The van der Waals surface area contributed by atoms with Gasteiger partial charge in [0.15, 0.2) is 0 Å². The zero-order chi connectivity index (χ0) is 7.11. The molecule has 1 aliphatic heterocycles. The van der Waals surface area contributed by atoms with E-state index in [2.05, 4.69) is 5.16 Å². The van der Waals surface area contributed by atoms with Crippen LogP contribution < -0.4 is 0 Å². The molecule has 0 saturated carbocycles.